The van der Waals surface area contributed by atoms with Gasteiger partial charge in [-0.15, -0.1) is 11.3 Å². The third-order valence-electron chi connectivity index (χ3n) is 4.13. The van der Waals surface area contributed by atoms with Gasteiger partial charge < -0.3 is 9.64 Å². The molecule has 3 rings (SSSR count). The standard InChI is InChI=1S/C21H20FNO2S/c1-25-20-11-5-3-8-17(20)14-23(15-18-9-6-12-26-18)21(24)13-16-7-2-4-10-19(16)22/h2-12H,13-15H2,1H3. The first-order valence-electron chi connectivity index (χ1n) is 8.33. The number of methoxy groups -OCH3 is 1. The molecule has 1 amide bonds. The summed E-state index contributed by atoms with van der Waals surface area (Å²) in [5.41, 5.74) is 1.34. The third-order valence-corrected chi connectivity index (χ3v) is 4.99. The van der Waals surface area contributed by atoms with Crippen molar-refractivity contribution in [3.8, 4) is 5.75 Å². The van der Waals surface area contributed by atoms with Gasteiger partial charge in [-0.1, -0.05) is 42.5 Å². The molecule has 2 aromatic carbocycles. The summed E-state index contributed by atoms with van der Waals surface area (Å²) >= 11 is 1.60. The summed E-state index contributed by atoms with van der Waals surface area (Å²) in [6, 6.07) is 18.0. The fourth-order valence-electron chi connectivity index (χ4n) is 2.78. The molecule has 0 fully saturated rings. The van der Waals surface area contributed by atoms with Crippen molar-refractivity contribution in [3.63, 3.8) is 0 Å². The second-order valence-corrected chi connectivity index (χ2v) is 6.94. The molecule has 3 nitrogen and oxygen atoms in total. The Bertz CT molecular complexity index is 864. The van der Waals surface area contributed by atoms with Crippen LogP contribution in [-0.2, 0) is 24.3 Å². The summed E-state index contributed by atoms with van der Waals surface area (Å²) in [6.07, 6.45) is 0.0349. The zero-order valence-electron chi connectivity index (χ0n) is 14.5. The number of benzene rings is 2. The number of carbonyl (C=O) groups is 1. The van der Waals surface area contributed by atoms with Crippen LogP contribution in [0.4, 0.5) is 4.39 Å². The number of carbonyl (C=O) groups excluding carboxylic acids is 1. The van der Waals surface area contributed by atoms with Crippen LogP contribution in [0, 0.1) is 5.82 Å². The minimum atomic E-state index is -0.353. The van der Waals surface area contributed by atoms with Crippen molar-refractivity contribution in [2.24, 2.45) is 0 Å². The monoisotopic (exact) mass is 369 g/mol. The lowest BCUT2D eigenvalue weighted by Crippen LogP contribution is -2.31. The van der Waals surface area contributed by atoms with Crippen LogP contribution in [-0.4, -0.2) is 17.9 Å². The molecule has 0 aliphatic heterocycles. The highest BCUT2D eigenvalue weighted by Gasteiger charge is 2.18. The Balaban J connectivity index is 1.83. The number of amides is 1. The Labute approximate surface area is 156 Å². The number of thiophene rings is 1. The minimum absolute atomic E-state index is 0.0349. The Morgan fingerprint density at radius 3 is 2.42 bits per heavy atom. The molecule has 3 aromatic rings. The smallest absolute Gasteiger partial charge is 0.227 e. The van der Waals surface area contributed by atoms with Crippen LogP contribution in [0.15, 0.2) is 66.0 Å². The van der Waals surface area contributed by atoms with Crippen molar-refractivity contribution in [3.05, 3.63) is 87.9 Å². The zero-order chi connectivity index (χ0) is 18.4. The molecule has 0 aliphatic carbocycles. The number of para-hydroxylation sites is 1. The summed E-state index contributed by atoms with van der Waals surface area (Å²) in [6.45, 7) is 0.901. The number of rotatable bonds is 7. The molecule has 0 saturated heterocycles. The molecule has 26 heavy (non-hydrogen) atoms. The van der Waals surface area contributed by atoms with E-state index < -0.39 is 0 Å². The van der Waals surface area contributed by atoms with E-state index in [9.17, 15) is 9.18 Å². The van der Waals surface area contributed by atoms with Gasteiger partial charge in [0.1, 0.15) is 11.6 Å². The van der Waals surface area contributed by atoms with E-state index in [1.54, 1.807) is 41.5 Å². The van der Waals surface area contributed by atoms with E-state index in [0.29, 0.717) is 18.7 Å². The maximum Gasteiger partial charge on any atom is 0.227 e. The van der Waals surface area contributed by atoms with Gasteiger partial charge in [0.2, 0.25) is 5.91 Å². The van der Waals surface area contributed by atoms with Gasteiger partial charge in [-0.05, 0) is 29.1 Å². The first-order chi connectivity index (χ1) is 12.7. The lowest BCUT2D eigenvalue weighted by Gasteiger charge is -2.23. The Morgan fingerprint density at radius 2 is 1.73 bits per heavy atom. The fourth-order valence-corrected chi connectivity index (χ4v) is 3.50. The summed E-state index contributed by atoms with van der Waals surface area (Å²) in [4.78, 5) is 15.7. The lowest BCUT2D eigenvalue weighted by molar-refractivity contribution is -0.131. The number of hydrogen-bond acceptors (Lipinski definition) is 3. The molecule has 0 bridgehead atoms. The van der Waals surface area contributed by atoms with Crippen LogP contribution < -0.4 is 4.74 Å². The molecular weight excluding hydrogens is 349 g/mol. The first kappa shape index (κ1) is 18.1. The van der Waals surface area contributed by atoms with Gasteiger partial charge in [0.15, 0.2) is 0 Å². The molecule has 1 heterocycles. The molecule has 0 spiro atoms. The fraction of sp³-hybridized carbons (Fsp3) is 0.190. The Kier molecular flexibility index (Phi) is 6.02. The summed E-state index contributed by atoms with van der Waals surface area (Å²) < 4.78 is 19.4. The molecule has 0 aliphatic rings. The van der Waals surface area contributed by atoms with Crippen LogP contribution in [0.2, 0.25) is 0 Å². The van der Waals surface area contributed by atoms with E-state index >= 15 is 0 Å². The average molecular weight is 369 g/mol. The quantitative estimate of drug-likeness (QED) is 0.606. The van der Waals surface area contributed by atoms with E-state index in [-0.39, 0.29) is 18.1 Å². The van der Waals surface area contributed by atoms with E-state index in [1.807, 2.05) is 41.8 Å². The summed E-state index contributed by atoms with van der Waals surface area (Å²) in [7, 11) is 1.61. The van der Waals surface area contributed by atoms with Gasteiger partial charge in [0.05, 0.1) is 20.1 Å². The topological polar surface area (TPSA) is 29.5 Å². The van der Waals surface area contributed by atoms with Crippen molar-refractivity contribution >= 4 is 17.2 Å². The van der Waals surface area contributed by atoms with Crippen LogP contribution in [0.5, 0.6) is 5.75 Å². The van der Waals surface area contributed by atoms with Gasteiger partial charge in [0.25, 0.3) is 0 Å². The Morgan fingerprint density at radius 1 is 1.00 bits per heavy atom. The molecule has 1 aromatic heterocycles. The maximum atomic E-state index is 13.9. The SMILES string of the molecule is COc1ccccc1CN(Cc1cccs1)C(=O)Cc1ccccc1F. The maximum absolute atomic E-state index is 13.9. The highest BCUT2D eigenvalue weighted by Crippen LogP contribution is 2.22. The normalized spacial score (nSPS) is 10.5. The van der Waals surface area contributed by atoms with Crippen molar-refractivity contribution in [2.75, 3.05) is 7.11 Å². The highest BCUT2D eigenvalue weighted by atomic mass is 32.1. The van der Waals surface area contributed by atoms with E-state index in [0.717, 1.165) is 16.2 Å². The van der Waals surface area contributed by atoms with E-state index in [1.165, 1.54) is 6.07 Å². The van der Waals surface area contributed by atoms with Crippen LogP contribution in [0.3, 0.4) is 0 Å². The summed E-state index contributed by atoms with van der Waals surface area (Å²) in [5.74, 6) is 0.269. The van der Waals surface area contributed by atoms with Gasteiger partial charge in [-0.3, -0.25) is 4.79 Å². The van der Waals surface area contributed by atoms with Crippen molar-refractivity contribution < 1.29 is 13.9 Å². The van der Waals surface area contributed by atoms with Crippen molar-refractivity contribution in [1.29, 1.82) is 0 Å². The van der Waals surface area contributed by atoms with Gasteiger partial charge in [-0.2, -0.15) is 0 Å². The second kappa shape index (κ2) is 8.63. The average Bonchev–Trinajstić information content (AvgIpc) is 3.16. The van der Waals surface area contributed by atoms with E-state index in [4.69, 9.17) is 4.74 Å². The van der Waals surface area contributed by atoms with Gasteiger partial charge >= 0.3 is 0 Å². The molecule has 134 valence electrons. The molecular formula is C21H20FNO2S. The summed E-state index contributed by atoms with van der Waals surface area (Å²) in [5, 5.41) is 1.98. The number of hydrogen-bond donors (Lipinski definition) is 0. The molecule has 5 heteroatoms. The molecule has 0 N–H and O–H groups in total. The molecule has 0 atom stereocenters. The zero-order valence-corrected chi connectivity index (χ0v) is 15.3. The predicted octanol–water partition coefficient (Wildman–Crippen LogP) is 4.67. The highest BCUT2D eigenvalue weighted by molar-refractivity contribution is 7.09. The first-order valence-corrected chi connectivity index (χ1v) is 9.21. The lowest BCUT2D eigenvalue weighted by atomic mass is 10.1. The van der Waals surface area contributed by atoms with Crippen LogP contribution in [0.1, 0.15) is 16.0 Å². The second-order valence-electron chi connectivity index (χ2n) is 5.91. The number of nitrogens with zero attached hydrogens (tertiary/aromatic N) is 1. The number of halogens is 1. The predicted molar refractivity (Wildman–Crippen MR) is 102 cm³/mol. The largest absolute Gasteiger partial charge is 0.496 e. The van der Waals surface area contributed by atoms with Gasteiger partial charge in [-0.25, -0.2) is 4.39 Å². The minimum Gasteiger partial charge on any atom is -0.496 e. The molecule has 0 saturated carbocycles. The number of ether oxygens (including phenoxy) is 1. The third kappa shape index (κ3) is 4.49. The van der Waals surface area contributed by atoms with Crippen molar-refractivity contribution in [2.45, 2.75) is 19.5 Å². The van der Waals surface area contributed by atoms with E-state index in [2.05, 4.69) is 0 Å². The molecule has 0 radical (unpaired) electrons. The van der Waals surface area contributed by atoms with Crippen molar-refractivity contribution in [1.82, 2.24) is 4.90 Å². The molecule has 0 unspecified atom stereocenters. The van der Waals surface area contributed by atoms with Crippen LogP contribution in [0.25, 0.3) is 0 Å². The van der Waals surface area contributed by atoms with Gasteiger partial charge in [0, 0.05) is 17.0 Å². The van der Waals surface area contributed by atoms with Crippen LogP contribution >= 0.6 is 11.3 Å². The Hall–Kier alpha value is -2.66.